The van der Waals surface area contributed by atoms with Crippen molar-refractivity contribution >= 4 is 27.8 Å². The minimum absolute atomic E-state index is 0.0832. The first-order chi connectivity index (χ1) is 7.58. The summed E-state index contributed by atoms with van der Waals surface area (Å²) in [4.78, 5) is 25.4. The molecule has 1 aliphatic rings. The number of rotatable bonds is 4. The molecule has 2 rings (SSSR count). The SMILES string of the molecule is O=C(NC(C(=O)O)C1CC1)c1cc(Br)c[nH]1. The van der Waals surface area contributed by atoms with Gasteiger partial charge in [-0.1, -0.05) is 0 Å². The largest absolute Gasteiger partial charge is 0.480 e. The summed E-state index contributed by atoms with van der Waals surface area (Å²) in [5.41, 5.74) is 0.360. The van der Waals surface area contributed by atoms with Gasteiger partial charge in [0.15, 0.2) is 0 Å². The van der Waals surface area contributed by atoms with Crippen LogP contribution in [0.3, 0.4) is 0 Å². The van der Waals surface area contributed by atoms with Gasteiger partial charge in [-0.05, 0) is 40.8 Å². The summed E-state index contributed by atoms with van der Waals surface area (Å²) in [6.07, 6.45) is 3.36. The average Bonchev–Trinajstić information content (AvgIpc) is 2.96. The summed E-state index contributed by atoms with van der Waals surface area (Å²) in [6.45, 7) is 0. The predicted molar refractivity (Wildman–Crippen MR) is 60.1 cm³/mol. The third-order valence-electron chi connectivity index (χ3n) is 2.54. The van der Waals surface area contributed by atoms with E-state index in [4.69, 9.17) is 5.11 Å². The number of hydrogen-bond donors (Lipinski definition) is 3. The zero-order valence-corrected chi connectivity index (χ0v) is 9.95. The molecule has 86 valence electrons. The molecule has 6 heteroatoms. The van der Waals surface area contributed by atoms with Crippen LogP contribution in [0, 0.1) is 5.92 Å². The van der Waals surface area contributed by atoms with Gasteiger partial charge in [-0.2, -0.15) is 0 Å². The van der Waals surface area contributed by atoms with Crippen LogP contribution in [0.15, 0.2) is 16.7 Å². The van der Waals surface area contributed by atoms with Gasteiger partial charge in [-0.25, -0.2) is 4.79 Å². The van der Waals surface area contributed by atoms with Crippen LogP contribution in [-0.4, -0.2) is 28.0 Å². The molecule has 1 fully saturated rings. The minimum atomic E-state index is -0.971. The van der Waals surface area contributed by atoms with Gasteiger partial charge in [0.25, 0.3) is 5.91 Å². The smallest absolute Gasteiger partial charge is 0.326 e. The monoisotopic (exact) mass is 286 g/mol. The van der Waals surface area contributed by atoms with E-state index in [2.05, 4.69) is 26.2 Å². The number of hydrogen-bond acceptors (Lipinski definition) is 2. The average molecular weight is 287 g/mol. The minimum Gasteiger partial charge on any atom is -0.480 e. The molecule has 0 radical (unpaired) electrons. The molecule has 1 aromatic rings. The molecule has 1 atom stereocenters. The molecule has 0 spiro atoms. The van der Waals surface area contributed by atoms with E-state index in [1.807, 2.05) is 0 Å². The third-order valence-corrected chi connectivity index (χ3v) is 3.00. The van der Waals surface area contributed by atoms with Gasteiger partial charge < -0.3 is 15.4 Å². The van der Waals surface area contributed by atoms with E-state index < -0.39 is 12.0 Å². The second-order valence-electron chi connectivity index (χ2n) is 3.86. The Kier molecular flexibility index (Phi) is 3.00. The van der Waals surface area contributed by atoms with E-state index in [0.29, 0.717) is 5.69 Å². The van der Waals surface area contributed by atoms with Crippen molar-refractivity contribution in [2.45, 2.75) is 18.9 Å². The number of carboxylic acids is 1. The second-order valence-corrected chi connectivity index (χ2v) is 4.77. The molecule has 0 saturated heterocycles. The van der Waals surface area contributed by atoms with Gasteiger partial charge in [-0.3, -0.25) is 4.79 Å². The third kappa shape index (κ3) is 2.44. The van der Waals surface area contributed by atoms with Gasteiger partial charge in [0.05, 0.1) is 0 Å². The van der Waals surface area contributed by atoms with Gasteiger partial charge in [0, 0.05) is 10.7 Å². The molecule has 1 aliphatic carbocycles. The number of aromatic nitrogens is 1. The van der Waals surface area contributed by atoms with E-state index in [0.717, 1.165) is 17.3 Å². The Balaban J connectivity index is 2.02. The number of nitrogens with one attached hydrogen (secondary N) is 2. The van der Waals surface area contributed by atoms with Gasteiger partial charge in [0.2, 0.25) is 0 Å². The lowest BCUT2D eigenvalue weighted by Gasteiger charge is -2.12. The van der Waals surface area contributed by atoms with Crippen LogP contribution in [0.4, 0.5) is 0 Å². The van der Waals surface area contributed by atoms with Crippen LogP contribution in [0.1, 0.15) is 23.3 Å². The molecule has 3 N–H and O–H groups in total. The topological polar surface area (TPSA) is 82.2 Å². The molecule has 1 unspecified atom stereocenters. The lowest BCUT2D eigenvalue weighted by atomic mass is 10.2. The summed E-state index contributed by atoms with van der Waals surface area (Å²) in [5, 5.41) is 11.5. The zero-order valence-electron chi connectivity index (χ0n) is 8.37. The maximum Gasteiger partial charge on any atom is 0.326 e. The number of H-pyrrole nitrogens is 1. The second kappa shape index (κ2) is 4.29. The highest BCUT2D eigenvalue weighted by atomic mass is 79.9. The molecule has 1 amide bonds. The van der Waals surface area contributed by atoms with Crippen LogP contribution in [0.2, 0.25) is 0 Å². The van der Waals surface area contributed by atoms with Crippen molar-refractivity contribution in [1.82, 2.24) is 10.3 Å². The predicted octanol–water partition coefficient (Wildman–Crippen LogP) is 1.37. The molecule has 16 heavy (non-hydrogen) atoms. The van der Waals surface area contributed by atoms with Crippen molar-refractivity contribution in [2.75, 3.05) is 0 Å². The van der Waals surface area contributed by atoms with Crippen molar-refractivity contribution < 1.29 is 14.7 Å². The van der Waals surface area contributed by atoms with Crippen molar-refractivity contribution in [3.8, 4) is 0 Å². The first kappa shape index (κ1) is 11.2. The molecular weight excluding hydrogens is 276 g/mol. The summed E-state index contributed by atoms with van der Waals surface area (Å²) >= 11 is 3.21. The number of carboxylic acid groups (broad SMARTS) is 1. The lowest BCUT2D eigenvalue weighted by Crippen LogP contribution is -2.42. The Labute approximate surface area is 100 Å². The Bertz CT molecular complexity index is 425. The van der Waals surface area contributed by atoms with Crippen LogP contribution < -0.4 is 5.32 Å². The van der Waals surface area contributed by atoms with Gasteiger partial charge in [-0.15, -0.1) is 0 Å². The first-order valence-electron chi connectivity index (χ1n) is 4.95. The van der Waals surface area contributed by atoms with Crippen molar-refractivity contribution in [3.63, 3.8) is 0 Å². The van der Waals surface area contributed by atoms with Crippen LogP contribution >= 0.6 is 15.9 Å². The van der Waals surface area contributed by atoms with E-state index in [1.165, 1.54) is 0 Å². The summed E-state index contributed by atoms with van der Waals surface area (Å²) < 4.78 is 0.760. The van der Waals surface area contributed by atoms with Crippen LogP contribution in [0.5, 0.6) is 0 Å². The molecule has 5 nitrogen and oxygen atoms in total. The fourth-order valence-corrected chi connectivity index (χ4v) is 1.87. The van der Waals surface area contributed by atoms with Crippen molar-refractivity contribution in [3.05, 3.63) is 22.4 Å². The summed E-state index contributed by atoms with van der Waals surface area (Å²) in [5.74, 6) is -1.27. The maximum absolute atomic E-state index is 11.7. The fourth-order valence-electron chi connectivity index (χ4n) is 1.53. The molecule has 1 aromatic heterocycles. The maximum atomic E-state index is 11.7. The molecular formula is C10H11BrN2O3. The highest BCUT2D eigenvalue weighted by Gasteiger charge is 2.37. The summed E-state index contributed by atoms with van der Waals surface area (Å²) in [7, 11) is 0. The van der Waals surface area contributed by atoms with E-state index >= 15 is 0 Å². The number of carbonyl (C=O) groups is 2. The number of aliphatic carboxylic acids is 1. The highest BCUT2D eigenvalue weighted by Crippen LogP contribution is 2.32. The Morgan fingerprint density at radius 3 is 2.69 bits per heavy atom. The van der Waals surface area contributed by atoms with E-state index in [9.17, 15) is 9.59 Å². The standard InChI is InChI=1S/C10H11BrN2O3/c11-6-3-7(12-4-6)9(14)13-8(10(15)16)5-1-2-5/h3-5,8,12H,1-2H2,(H,13,14)(H,15,16). The lowest BCUT2D eigenvalue weighted by molar-refractivity contribution is -0.139. The Morgan fingerprint density at radius 2 is 2.25 bits per heavy atom. The normalized spacial score (nSPS) is 16.8. The quantitative estimate of drug-likeness (QED) is 0.782. The molecule has 0 bridgehead atoms. The number of carbonyl (C=O) groups excluding carboxylic acids is 1. The van der Waals surface area contributed by atoms with Crippen LogP contribution in [0.25, 0.3) is 0 Å². The number of halogens is 1. The van der Waals surface area contributed by atoms with Crippen LogP contribution in [-0.2, 0) is 4.79 Å². The summed E-state index contributed by atoms with van der Waals surface area (Å²) in [6, 6.07) is 0.843. The molecule has 0 aliphatic heterocycles. The zero-order chi connectivity index (χ0) is 11.7. The Morgan fingerprint density at radius 1 is 1.56 bits per heavy atom. The van der Waals surface area contributed by atoms with Gasteiger partial charge >= 0.3 is 5.97 Å². The molecule has 0 aromatic carbocycles. The van der Waals surface area contributed by atoms with E-state index in [1.54, 1.807) is 12.3 Å². The number of aromatic amines is 1. The van der Waals surface area contributed by atoms with Gasteiger partial charge in [0.1, 0.15) is 11.7 Å². The van der Waals surface area contributed by atoms with E-state index in [-0.39, 0.29) is 11.8 Å². The van der Waals surface area contributed by atoms with Crippen molar-refractivity contribution in [1.29, 1.82) is 0 Å². The fraction of sp³-hybridized carbons (Fsp3) is 0.400. The molecule has 1 heterocycles. The van der Waals surface area contributed by atoms with Crippen molar-refractivity contribution in [2.24, 2.45) is 5.92 Å². The first-order valence-corrected chi connectivity index (χ1v) is 5.75. The Hall–Kier alpha value is -1.30. The highest BCUT2D eigenvalue weighted by molar-refractivity contribution is 9.10. The number of amides is 1. The molecule has 1 saturated carbocycles.